The van der Waals surface area contributed by atoms with Gasteiger partial charge in [0.25, 0.3) is 11.8 Å². The molecular weight excluding hydrogens is 536 g/mol. The van der Waals surface area contributed by atoms with Crippen molar-refractivity contribution >= 4 is 56.1 Å². The van der Waals surface area contributed by atoms with Crippen molar-refractivity contribution in [3.05, 3.63) is 28.9 Å². The highest BCUT2D eigenvalue weighted by Crippen LogP contribution is 2.36. The molecule has 3 aromatic rings. The van der Waals surface area contributed by atoms with Gasteiger partial charge in [0.2, 0.25) is 5.91 Å². The van der Waals surface area contributed by atoms with E-state index >= 15 is 0 Å². The van der Waals surface area contributed by atoms with Gasteiger partial charge < -0.3 is 15.2 Å². The Labute approximate surface area is 244 Å². The molecule has 3 aromatic heterocycles. The van der Waals surface area contributed by atoms with Crippen LogP contribution in [-0.2, 0) is 27.3 Å². The number of carbonyl (C=O) groups excluding carboxylic acids is 3. The Balaban J connectivity index is 1.09. The molecule has 0 spiro atoms. The maximum Gasteiger partial charge on any atom is 0.253 e. The Bertz CT molecular complexity index is 1490. The van der Waals surface area contributed by atoms with Crippen molar-refractivity contribution in [2.45, 2.75) is 78.2 Å². The van der Waals surface area contributed by atoms with Crippen LogP contribution >= 0.6 is 11.3 Å². The second-order valence-corrected chi connectivity index (χ2v) is 13.4. The first-order chi connectivity index (χ1) is 19.8. The fourth-order valence-corrected chi connectivity index (χ4v) is 7.89. The lowest BCUT2D eigenvalue weighted by molar-refractivity contribution is -0.140. The number of hydrogen-bond acceptors (Lipinski definition) is 7. The lowest BCUT2D eigenvalue weighted by atomic mass is 9.80. The average molecular weight is 577 g/mol. The van der Waals surface area contributed by atoms with Gasteiger partial charge in [-0.1, -0.05) is 13.3 Å². The smallest absolute Gasteiger partial charge is 0.253 e. The molecule has 0 unspecified atom stereocenters. The van der Waals surface area contributed by atoms with Crippen molar-refractivity contribution in [1.82, 2.24) is 24.3 Å². The largest absolute Gasteiger partial charge is 0.382 e. The third-order valence-corrected chi connectivity index (χ3v) is 10.3. The van der Waals surface area contributed by atoms with E-state index in [0.29, 0.717) is 18.3 Å². The van der Waals surface area contributed by atoms with Crippen LogP contribution in [0.5, 0.6) is 0 Å². The molecule has 3 aliphatic rings. The molecule has 218 valence electrons. The number of anilines is 1. The van der Waals surface area contributed by atoms with Crippen molar-refractivity contribution in [2.75, 3.05) is 25.4 Å². The first-order valence-corrected chi connectivity index (χ1v) is 16.0. The van der Waals surface area contributed by atoms with Crippen LogP contribution < -0.4 is 5.73 Å². The van der Waals surface area contributed by atoms with Crippen LogP contribution in [0.25, 0.3) is 21.3 Å². The molecule has 0 aromatic carbocycles. The van der Waals surface area contributed by atoms with Gasteiger partial charge in [-0.2, -0.15) is 0 Å². The normalized spacial score (nSPS) is 22.1. The number of imidazole rings is 1. The number of amides is 3. The van der Waals surface area contributed by atoms with Crippen molar-refractivity contribution < 1.29 is 14.4 Å². The van der Waals surface area contributed by atoms with Gasteiger partial charge in [-0.25, -0.2) is 9.97 Å². The van der Waals surface area contributed by atoms with Crippen LogP contribution in [0.1, 0.15) is 69.0 Å². The van der Waals surface area contributed by atoms with E-state index in [1.807, 2.05) is 0 Å². The molecule has 6 rings (SSSR count). The lowest BCUT2D eigenvalue weighted by Gasteiger charge is -2.37. The van der Waals surface area contributed by atoms with E-state index in [2.05, 4.69) is 34.4 Å². The SMILES string of the molecule is CCCCc1nc2c(N)nc3cc(C)sc3c2n1CC1CCN(C(=O)C2CCC(CN3C(=O)C=CC3=O)CC2)CC1. The van der Waals surface area contributed by atoms with E-state index < -0.39 is 0 Å². The van der Waals surface area contributed by atoms with Gasteiger partial charge in [-0.3, -0.25) is 19.3 Å². The quantitative estimate of drug-likeness (QED) is 0.384. The summed E-state index contributed by atoms with van der Waals surface area (Å²) in [6.45, 7) is 7.26. The summed E-state index contributed by atoms with van der Waals surface area (Å²) in [6.07, 6.45) is 11.2. The van der Waals surface area contributed by atoms with Gasteiger partial charge in [-0.05, 0) is 69.8 Å². The zero-order valence-electron chi connectivity index (χ0n) is 24.1. The molecular formula is C31H40N6O3S. The topological polar surface area (TPSA) is 114 Å². The van der Waals surface area contributed by atoms with Gasteiger partial charge in [-0.15, -0.1) is 11.3 Å². The van der Waals surface area contributed by atoms with Gasteiger partial charge in [0.1, 0.15) is 11.3 Å². The number of carbonyl (C=O) groups is 3. The first kappa shape index (κ1) is 27.9. The van der Waals surface area contributed by atoms with E-state index in [1.165, 1.54) is 26.6 Å². The number of thiophene rings is 1. The second-order valence-electron chi connectivity index (χ2n) is 12.1. The third-order valence-electron chi connectivity index (χ3n) is 9.24. The highest BCUT2D eigenvalue weighted by atomic mass is 32.1. The Morgan fingerprint density at radius 2 is 1.68 bits per heavy atom. The zero-order valence-corrected chi connectivity index (χ0v) is 24.9. The van der Waals surface area contributed by atoms with Crippen LogP contribution in [0.4, 0.5) is 5.82 Å². The van der Waals surface area contributed by atoms with E-state index in [-0.39, 0.29) is 29.6 Å². The highest BCUT2D eigenvalue weighted by Gasteiger charge is 2.34. The third kappa shape index (κ3) is 5.50. The molecule has 2 aliphatic heterocycles. The van der Waals surface area contributed by atoms with E-state index in [0.717, 1.165) is 99.8 Å². The molecule has 1 aliphatic carbocycles. The minimum Gasteiger partial charge on any atom is -0.382 e. The summed E-state index contributed by atoms with van der Waals surface area (Å²) in [6, 6.07) is 2.11. The summed E-state index contributed by atoms with van der Waals surface area (Å²) in [5.74, 6) is 2.26. The zero-order chi connectivity index (χ0) is 28.7. The Morgan fingerprint density at radius 1 is 1.00 bits per heavy atom. The minimum atomic E-state index is -0.215. The Kier molecular flexibility index (Phi) is 7.85. The molecule has 0 bridgehead atoms. The number of nitrogens with zero attached hydrogens (tertiary/aromatic N) is 5. The van der Waals surface area contributed by atoms with Crippen molar-refractivity contribution in [3.8, 4) is 0 Å². The van der Waals surface area contributed by atoms with Crippen molar-refractivity contribution in [2.24, 2.45) is 17.8 Å². The molecule has 0 atom stereocenters. The first-order valence-electron chi connectivity index (χ1n) is 15.2. The number of imide groups is 1. The molecule has 1 saturated carbocycles. The molecule has 1 saturated heterocycles. The molecule has 2 N–H and O–H groups in total. The molecule has 5 heterocycles. The fourth-order valence-electron chi connectivity index (χ4n) is 6.88. The van der Waals surface area contributed by atoms with Crippen LogP contribution in [0.2, 0.25) is 0 Å². The summed E-state index contributed by atoms with van der Waals surface area (Å²) >= 11 is 1.76. The molecule has 41 heavy (non-hydrogen) atoms. The Hall–Kier alpha value is -3.27. The highest BCUT2D eigenvalue weighted by molar-refractivity contribution is 7.19. The summed E-state index contributed by atoms with van der Waals surface area (Å²) in [5, 5.41) is 0. The van der Waals surface area contributed by atoms with Gasteiger partial charge in [0.15, 0.2) is 5.82 Å². The van der Waals surface area contributed by atoms with Crippen LogP contribution in [0, 0.1) is 24.7 Å². The summed E-state index contributed by atoms with van der Waals surface area (Å²) < 4.78 is 3.58. The number of fused-ring (bicyclic) bond motifs is 3. The lowest BCUT2D eigenvalue weighted by Crippen LogP contribution is -2.44. The maximum atomic E-state index is 13.4. The summed E-state index contributed by atoms with van der Waals surface area (Å²) in [7, 11) is 0. The van der Waals surface area contributed by atoms with E-state index in [9.17, 15) is 14.4 Å². The van der Waals surface area contributed by atoms with E-state index in [4.69, 9.17) is 10.7 Å². The molecule has 10 heteroatoms. The van der Waals surface area contributed by atoms with Crippen molar-refractivity contribution in [1.29, 1.82) is 0 Å². The predicted octanol–water partition coefficient (Wildman–Crippen LogP) is 4.85. The van der Waals surface area contributed by atoms with Gasteiger partial charge in [0.05, 0.1) is 15.7 Å². The van der Waals surface area contributed by atoms with Crippen molar-refractivity contribution in [3.63, 3.8) is 0 Å². The number of piperidine rings is 1. The minimum absolute atomic E-state index is 0.0509. The number of hydrogen-bond donors (Lipinski definition) is 1. The molecule has 9 nitrogen and oxygen atoms in total. The maximum absolute atomic E-state index is 13.4. The summed E-state index contributed by atoms with van der Waals surface area (Å²) in [5.41, 5.74) is 9.30. The number of aryl methyl sites for hydroxylation is 2. The summed E-state index contributed by atoms with van der Waals surface area (Å²) in [4.78, 5) is 51.5. The molecule has 0 radical (unpaired) electrons. The number of nitrogen functional groups attached to an aromatic ring is 1. The van der Waals surface area contributed by atoms with Gasteiger partial charge in [0, 0.05) is 55.5 Å². The second kappa shape index (κ2) is 11.5. The number of unbranched alkanes of at least 4 members (excludes halogenated alkanes) is 1. The van der Waals surface area contributed by atoms with Crippen LogP contribution in [-0.4, -0.2) is 61.7 Å². The number of likely N-dealkylation sites (tertiary alicyclic amines) is 1. The molecule has 2 fully saturated rings. The number of nitrogens with two attached hydrogens (primary N) is 1. The van der Waals surface area contributed by atoms with Crippen LogP contribution in [0.15, 0.2) is 18.2 Å². The number of pyridine rings is 1. The predicted molar refractivity (Wildman–Crippen MR) is 161 cm³/mol. The standard InChI is InChI=1S/C31H40N6O3S/c1-3-4-5-24-34-27-28(29-23(33-30(27)32)16-19(2)41-29)36(24)17-21-12-14-35(15-13-21)31(40)22-8-6-20(7-9-22)18-37-25(38)10-11-26(37)39/h10-11,16,20-22H,3-9,12-15,17-18H2,1-2H3,(H2,32,33). The Morgan fingerprint density at radius 3 is 2.37 bits per heavy atom. The number of aromatic nitrogens is 3. The monoisotopic (exact) mass is 576 g/mol. The average Bonchev–Trinajstić information content (AvgIpc) is 3.63. The van der Waals surface area contributed by atoms with Crippen LogP contribution in [0.3, 0.4) is 0 Å². The van der Waals surface area contributed by atoms with Gasteiger partial charge >= 0.3 is 0 Å². The van der Waals surface area contributed by atoms with E-state index in [1.54, 1.807) is 11.3 Å². The fraction of sp³-hybridized carbons (Fsp3) is 0.581. The molecule has 3 amide bonds. The number of rotatable bonds is 8.